The van der Waals surface area contributed by atoms with Gasteiger partial charge in [-0.25, -0.2) is 4.98 Å². The number of ether oxygens (including phenoxy) is 2. The molecule has 0 fully saturated rings. The number of rotatable bonds is 5. The fourth-order valence-corrected chi connectivity index (χ4v) is 2.35. The highest BCUT2D eigenvalue weighted by molar-refractivity contribution is 5.72. The van der Waals surface area contributed by atoms with Crippen molar-refractivity contribution in [2.45, 2.75) is 12.5 Å². The van der Waals surface area contributed by atoms with Gasteiger partial charge in [0.1, 0.15) is 11.6 Å². The van der Waals surface area contributed by atoms with E-state index in [-0.39, 0.29) is 0 Å². The number of fused-ring (bicyclic) bond motifs is 1. The van der Waals surface area contributed by atoms with Gasteiger partial charge in [-0.1, -0.05) is 18.2 Å². The number of nitrogens with zero attached hydrogens (tertiary/aromatic N) is 1. The van der Waals surface area contributed by atoms with Crippen molar-refractivity contribution in [1.29, 1.82) is 0 Å². The molecule has 1 heterocycles. The van der Waals surface area contributed by atoms with Gasteiger partial charge in [0.15, 0.2) is 17.1 Å². The summed E-state index contributed by atoms with van der Waals surface area (Å²) in [4.78, 5) is 4.31. The third-order valence-corrected chi connectivity index (χ3v) is 3.47. The second-order valence-electron chi connectivity index (χ2n) is 4.93. The lowest BCUT2D eigenvalue weighted by atomic mass is 10.1. The molecule has 3 rings (SSSR count). The highest BCUT2D eigenvalue weighted by Gasteiger charge is 2.17. The number of para-hydroxylation sites is 2. The molecule has 1 aromatic heterocycles. The summed E-state index contributed by atoms with van der Waals surface area (Å²) in [6, 6.07) is 13.0. The monoisotopic (exact) mass is 299 g/mol. The number of methoxy groups -OCH3 is 2. The second-order valence-corrected chi connectivity index (χ2v) is 4.93. The number of aliphatic hydroxyl groups excluding tert-OH is 1. The smallest absolute Gasteiger partial charge is 0.224 e. The van der Waals surface area contributed by atoms with Gasteiger partial charge in [0, 0.05) is 6.42 Å². The average molecular weight is 299 g/mol. The summed E-state index contributed by atoms with van der Waals surface area (Å²) in [5.41, 5.74) is 2.32. The summed E-state index contributed by atoms with van der Waals surface area (Å²) in [7, 11) is 3.17. The minimum atomic E-state index is -0.814. The van der Waals surface area contributed by atoms with Crippen LogP contribution in [0.1, 0.15) is 17.6 Å². The van der Waals surface area contributed by atoms with Crippen LogP contribution in [-0.4, -0.2) is 24.3 Å². The molecule has 0 bridgehead atoms. The first kappa shape index (κ1) is 14.4. The van der Waals surface area contributed by atoms with E-state index in [0.717, 1.165) is 11.1 Å². The van der Waals surface area contributed by atoms with Crippen molar-refractivity contribution in [3.8, 4) is 11.5 Å². The number of aromatic nitrogens is 1. The van der Waals surface area contributed by atoms with Crippen LogP contribution < -0.4 is 9.47 Å². The lowest BCUT2D eigenvalue weighted by Gasteiger charge is -2.11. The van der Waals surface area contributed by atoms with Crippen molar-refractivity contribution in [1.82, 2.24) is 4.98 Å². The Morgan fingerprint density at radius 2 is 1.86 bits per heavy atom. The molecule has 1 atom stereocenters. The molecule has 3 aromatic rings. The van der Waals surface area contributed by atoms with Gasteiger partial charge in [-0.05, 0) is 29.8 Å². The number of aliphatic hydroxyl groups is 1. The molecular formula is C17H17NO4. The van der Waals surface area contributed by atoms with E-state index >= 15 is 0 Å². The van der Waals surface area contributed by atoms with Crippen LogP contribution in [0, 0.1) is 0 Å². The number of oxazole rings is 1. The maximum Gasteiger partial charge on any atom is 0.224 e. The Morgan fingerprint density at radius 3 is 2.59 bits per heavy atom. The Kier molecular flexibility index (Phi) is 3.98. The largest absolute Gasteiger partial charge is 0.493 e. The second kappa shape index (κ2) is 6.07. The van der Waals surface area contributed by atoms with Crippen molar-refractivity contribution < 1.29 is 19.0 Å². The first-order chi connectivity index (χ1) is 10.7. The number of benzene rings is 2. The van der Waals surface area contributed by atoms with E-state index in [1.165, 1.54) is 0 Å². The molecule has 0 aliphatic heterocycles. The van der Waals surface area contributed by atoms with E-state index in [1.54, 1.807) is 14.2 Å². The zero-order valence-corrected chi connectivity index (χ0v) is 12.4. The predicted octanol–water partition coefficient (Wildman–Crippen LogP) is 3.12. The molecule has 0 amide bonds. The maximum absolute atomic E-state index is 10.3. The Hall–Kier alpha value is -2.53. The molecule has 1 unspecified atom stereocenters. The fraction of sp³-hybridized carbons (Fsp3) is 0.235. The van der Waals surface area contributed by atoms with Crippen LogP contribution in [0.4, 0.5) is 0 Å². The van der Waals surface area contributed by atoms with Crippen LogP contribution in [0.2, 0.25) is 0 Å². The Bertz CT molecular complexity index is 748. The molecule has 0 aliphatic rings. The lowest BCUT2D eigenvalue weighted by molar-refractivity contribution is 0.146. The van der Waals surface area contributed by atoms with Gasteiger partial charge in [-0.15, -0.1) is 0 Å². The summed E-state index contributed by atoms with van der Waals surface area (Å²) in [6.07, 6.45) is -0.432. The number of hydrogen-bond donors (Lipinski definition) is 1. The molecule has 114 valence electrons. The summed E-state index contributed by atoms with van der Waals surface area (Å²) in [5.74, 6) is 1.60. The summed E-state index contributed by atoms with van der Waals surface area (Å²) >= 11 is 0. The van der Waals surface area contributed by atoms with Crippen LogP contribution in [-0.2, 0) is 6.42 Å². The molecule has 1 N–H and O–H groups in total. The van der Waals surface area contributed by atoms with Gasteiger partial charge in [-0.2, -0.15) is 0 Å². The standard InChI is InChI=1S/C17H17NO4/c1-20-15-8-7-11(10-16(15)21-2)9-13(19)17-18-12-5-3-4-6-14(12)22-17/h3-8,10,13,19H,9H2,1-2H3. The van der Waals surface area contributed by atoms with Crippen LogP contribution in [0.3, 0.4) is 0 Å². The topological polar surface area (TPSA) is 64.7 Å². The van der Waals surface area contributed by atoms with Crippen LogP contribution >= 0.6 is 0 Å². The van der Waals surface area contributed by atoms with Gasteiger partial charge < -0.3 is 19.0 Å². The van der Waals surface area contributed by atoms with Gasteiger partial charge >= 0.3 is 0 Å². The van der Waals surface area contributed by atoms with Gasteiger partial charge in [0.2, 0.25) is 5.89 Å². The van der Waals surface area contributed by atoms with Crippen molar-refractivity contribution in [3.63, 3.8) is 0 Å². The molecule has 0 spiro atoms. The average Bonchev–Trinajstić information content (AvgIpc) is 2.99. The maximum atomic E-state index is 10.3. The first-order valence-corrected chi connectivity index (χ1v) is 6.95. The SMILES string of the molecule is COc1ccc(CC(O)c2nc3ccccc3o2)cc1OC. The third kappa shape index (κ3) is 2.76. The zero-order valence-electron chi connectivity index (χ0n) is 12.4. The quantitative estimate of drug-likeness (QED) is 0.784. The van der Waals surface area contributed by atoms with Crippen molar-refractivity contribution in [3.05, 3.63) is 53.9 Å². The molecular weight excluding hydrogens is 282 g/mol. The lowest BCUT2D eigenvalue weighted by Crippen LogP contribution is -2.02. The Morgan fingerprint density at radius 1 is 1.09 bits per heavy atom. The van der Waals surface area contributed by atoms with E-state index in [1.807, 2.05) is 42.5 Å². The molecule has 22 heavy (non-hydrogen) atoms. The van der Waals surface area contributed by atoms with Crippen LogP contribution in [0.25, 0.3) is 11.1 Å². The van der Waals surface area contributed by atoms with Crippen LogP contribution in [0.5, 0.6) is 11.5 Å². The molecule has 0 aliphatic carbocycles. The molecule has 2 aromatic carbocycles. The predicted molar refractivity (Wildman–Crippen MR) is 82.2 cm³/mol. The van der Waals surface area contributed by atoms with E-state index in [0.29, 0.717) is 29.4 Å². The van der Waals surface area contributed by atoms with Gasteiger partial charge in [-0.3, -0.25) is 0 Å². The minimum absolute atomic E-state index is 0.316. The third-order valence-electron chi connectivity index (χ3n) is 3.47. The van der Waals surface area contributed by atoms with Crippen molar-refractivity contribution in [2.24, 2.45) is 0 Å². The molecule has 0 saturated heterocycles. The number of hydrogen-bond acceptors (Lipinski definition) is 5. The Balaban J connectivity index is 1.82. The van der Waals surface area contributed by atoms with Gasteiger partial charge in [0.05, 0.1) is 14.2 Å². The van der Waals surface area contributed by atoms with Gasteiger partial charge in [0.25, 0.3) is 0 Å². The summed E-state index contributed by atoms with van der Waals surface area (Å²) in [6.45, 7) is 0. The highest BCUT2D eigenvalue weighted by Crippen LogP contribution is 2.30. The fourth-order valence-electron chi connectivity index (χ4n) is 2.35. The minimum Gasteiger partial charge on any atom is -0.493 e. The highest BCUT2D eigenvalue weighted by atomic mass is 16.5. The van der Waals surface area contributed by atoms with Crippen molar-refractivity contribution in [2.75, 3.05) is 14.2 Å². The van der Waals surface area contributed by atoms with Crippen molar-refractivity contribution >= 4 is 11.1 Å². The van der Waals surface area contributed by atoms with E-state index in [9.17, 15) is 5.11 Å². The first-order valence-electron chi connectivity index (χ1n) is 6.95. The Labute approximate surface area is 128 Å². The molecule has 5 nitrogen and oxygen atoms in total. The molecule has 0 radical (unpaired) electrons. The molecule has 5 heteroatoms. The van der Waals surface area contributed by atoms with E-state index in [2.05, 4.69) is 4.98 Å². The zero-order chi connectivity index (χ0) is 15.5. The van der Waals surface area contributed by atoms with Crippen LogP contribution in [0.15, 0.2) is 46.9 Å². The van der Waals surface area contributed by atoms with E-state index in [4.69, 9.17) is 13.9 Å². The molecule has 0 saturated carbocycles. The normalized spacial score (nSPS) is 12.3. The summed E-state index contributed by atoms with van der Waals surface area (Å²) in [5, 5.41) is 10.3. The van der Waals surface area contributed by atoms with E-state index < -0.39 is 6.10 Å². The summed E-state index contributed by atoms with van der Waals surface area (Å²) < 4.78 is 16.1.